The summed E-state index contributed by atoms with van der Waals surface area (Å²) in [6, 6.07) is 11.6. The minimum Gasteiger partial charge on any atom is -0.508 e. The molecule has 0 fully saturated rings. The number of methoxy groups -OCH3 is 2. The fourth-order valence-electron chi connectivity index (χ4n) is 3.04. The van der Waals surface area contributed by atoms with Crippen LogP contribution in [0.5, 0.6) is 17.2 Å². The first kappa shape index (κ1) is 20.8. The summed E-state index contributed by atoms with van der Waals surface area (Å²) in [6.07, 6.45) is 4.88. The first-order valence-corrected chi connectivity index (χ1v) is 9.27. The molecule has 4 heteroatoms. The number of phenols is 1. The molecule has 0 heterocycles. The molecule has 2 rings (SSSR count). The first-order chi connectivity index (χ1) is 13.1. The third kappa shape index (κ3) is 6.04. The van der Waals surface area contributed by atoms with Gasteiger partial charge in [-0.05, 0) is 38.7 Å². The number of phenolic OH excluding ortho intramolecular Hbond substituents is 1. The quantitative estimate of drug-likeness (QED) is 0.448. The zero-order chi connectivity index (χ0) is 19.6. The van der Waals surface area contributed by atoms with Crippen LogP contribution in [-0.2, 0) is 24.4 Å². The Balaban J connectivity index is 2.21. The SMILES string of the molecule is COc1cc(O)c(CCCC=C(C)C)c(COCc2ccccc2)c1OC. The molecule has 27 heavy (non-hydrogen) atoms. The molecule has 0 unspecified atom stereocenters. The van der Waals surface area contributed by atoms with Crippen LogP contribution in [-0.4, -0.2) is 19.3 Å². The minimum absolute atomic E-state index is 0.225. The largest absolute Gasteiger partial charge is 0.508 e. The molecule has 146 valence electrons. The Morgan fingerprint density at radius 3 is 2.37 bits per heavy atom. The lowest BCUT2D eigenvalue weighted by Crippen LogP contribution is -2.04. The minimum atomic E-state index is 0.225. The lowest BCUT2D eigenvalue weighted by molar-refractivity contribution is 0.104. The van der Waals surface area contributed by atoms with Crippen LogP contribution < -0.4 is 9.47 Å². The van der Waals surface area contributed by atoms with Gasteiger partial charge < -0.3 is 19.3 Å². The van der Waals surface area contributed by atoms with Gasteiger partial charge in [-0.25, -0.2) is 0 Å². The van der Waals surface area contributed by atoms with E-state index in [-0.39, 0.29) is 5.75 Å². The van der Waals surface area contributed by atoms with Gasteiger partial charge in [-0.15, -0.1) is 0 Å². The molecule has 0 atom stereocenters. The van der Waals surface area contributed by atoms with Gasteiger partial charge in [-0.2, -0.15) is 0 Å². The molecule has 0 aromatic heterocycles. The summed E-state index contributed by atoms with van der Waals surface area (Å²) >= 11 is 0. The standard InChI is InChI=1S/C23H30O4/c1-17(2)10-8-9-13-19-20(16-27-15-18-11-6-5-7-12-18)23(26-4)22(25-3)14-21(19)24/h5-7,10-12,14,24H,8-9,13,15-16H2,1-4H3. The zero-order valence-corrected chi connectivity index (χ0v) is 16.7. The van der Waals surface area contributed by atoms with E-state index in [1.165, 1.54) is 5.57 Å². The second-order valence-corrected chi connectivity index (χ2v) is 6.74. The monoisotopic (exact) mass is 370 g/mol. The Kier molecular flexibility index (Phi) is 8.21. The Morgan fingerprint density at radius 2 is 1.74 bits per heavy atom. The summed E-state index contributed by atoms with van der Waals surface area (Å²) in [5, 5.41) is 10.5. The highest BCUT2D eigenvalue weighted by atomic mass is 16.5. The van der Waals surface area contributed by atoms with Crippen LogP contribution in [0.2, 0.25) is 0 Å². The lowest BCUT2D eigenvalue weighted by atomic mass is 9.99. The third-order valence-electron chi connectivity index (χ3n) is 4.40. The van der Waals surface area contributed by atoms with E-state index in [0.717, 1.165) is 36.0 Å². The van der Waals surface area contributed by atoms with Crippen molar-refractivity contribution in [3.63, 3.8) is 0 Å². The molecule has 0 saturated heterocycles. The first-order valence-electron chi connectivity index (χ1n) is 9.27. The maximum absolute atomic E-state index is 10.5. The van der Waals surface area contributed by atoms with Crippen molar-refractivity contribution in [2.45, 2.75) is 46.3 Å². The van der Waals surface area contributed by atoms with Gasteiger partial charge in [-0.1, -0.05) is 42.0 Å². The van der Waals surface area contributed by atoms with Crippen LogP contribution in [0.4, 0.5) is 0 Å². The number of rotatable bonds is 10. The Labute approximate surface area is 162 Å². The molecule has 1 N–H and O–H groups in total. The number of allylic oxidation sites excluding steroid dienone is 2. The fourth-order valence-corrected chi connectivity index (χ4v) is 3.04. The van der Waals surface area contributed by atoms with Crippen molar-refractivity contribution in [2.24, 2.45) is 0 Å². The van der Waals surface area contributed by atoms with E-state index >= 15 is 0 Å². The van der Waals surface area contributed by atoms with Crippen LogP contribution >= 0.6 is 0 Å². The lowest BCUT2D eigenvalue weighted by Gasteiger charge is -2.18. The van der Waals surface area contributed by atoms with E-state index in [2.05, 4.69) is 19.9 Å². The highest BCUT2D eigenvalue weighted by Gasteiger charge is 2.19. The van der Waals surface area contributed by atoms with E-state index in [4.69, 9.17) is 14.2 Å². The molecule has 2 aromatic rings. The van der Waals surface area contributed by atoms with Crippen molar-refractivity contribution in [1.29, 1.82) is 0 Å². The smallest absolute Gasteiger partial charge is 0.166 e. The van der Waals surface area contributed by atoms with Crippen LogP contribution in [0.15, 0.2) is 48.0 Å². The average molecular weight is 370 g/mol. The number of hydrogen-bond donors (Lipinski definition) is 1. The van der Waals surface area contributed by atoms with E-state index in [1.807, 2.05) is 30.3 Å². The van der Waals surface area contributed by atoms with Gasteiger partial charge in [0.25, 0.3) is 0 Å². The second kappa shape index (κ2) is 10.6. The van der Waals surface area contributed by atoms with Crippen molar-refractivity contribution in [1.82, 2.24) is 0 Å². The number of hydrogen-bond acceptors (Lipinski definition) is 4. The van der Waals surface area contributed by atoms with Crippen molar-refractivity contribution >= 4 is 0 Å². The zero-order valence-electron chi connectivity index (χ0n) is 16.7. The topological polar surface area (TPSA) is 47.9 Å². The summed E-state index contributed by atoms with van der Waals surface area (Å²) in [4.78, 5) is 0. The van der Waals surface area contributed by atoms with Crippen molar-refractivity contribution in [3.8, 4) is 17.2 Å². The third-order valence-corrected chi connectivity index (χ3v) is 4.40. The molecule has 0 aliphatic heterocycles. The van der Waals surface area contributed by atoms with Gasteiger partial charge >= 0.3 is 0 Å². The highest BCUT2D eigenvalue weighted by Crippen LogP contribution is 2.40. The van der Waals surface area contributed by atoms with Gasteiger partial charge in [0.05, 0.1) is 27.4 Å². The molecule has 0 aliphatic rings. The van der Waals surface area contributed by atoms with Gasteiger partial charge in [-0.3, -0.25) is 0 Å². The van der Waals surface area contributed by atoms with Crippen LogP contribution in [0.25, 0.3) is 0 Å². The van der Waals surface area contributed by atoms with Crippen molar-refractivity contribution in [3.05, 3.63) is 64.7 Å². The van der Waals surface area contributed by atoms with Crippen LogP contribution in [0.1, 0.15) is 43.4 Å². The molecular formula is C23H30O4. The number of aromatic hydroxyl groups is 1. The van der Waals surface area contributed by atoms with E-state index in [9.17, 15) is 5.11 Å². The fraction of sp³-hybridized carbons (Fsp3) is 0.391. The summed E-state index contributed by atoms with van der Waals surface area (Å²) in [7, 11) is 3.18. The van der Waals surface area contributed by atoms with E-state index in [1.54, 1.807) is 20.3 Å². The second-order valence-electron chi connectivity index (χ2n) is 6.74. The summed E-state index contributed by atoms with van der Waals surface area (Å²) < 4.78 is 16.9. The Hall–Kier alpha value is -2.46. The average Bonchev–Trinajstić information content (AvgIpc) is 2.67. The van der Waals surface area contributed by atoms with Gasteiger partial charge in [0.1, 0.15) is 5.75 Å². The summed E-state index contributed by atoms with van der Waals surface area (Å²) in [5.41, 5.74) is 4.12. The van der Waals surface area contributed by atoms with E-state index < -0.39 is 0 Å². The van der Waals surface area contributed by atoms with Gasteiger partial charge in [0.2, 0.25) is 0 Å². The van der Waals surface area contributed by atoms with Crippen molar-refractivity contribution in [2.75, 3.05) is 14.2 Å². The molecular weight excluding hydrogens is 340 g/mol. The molecule has 4 nitrogen and oxygen atoms in total. The predicted octanol–water partition coefficient (Wildman–Crippen LogP) is 5.42. The Bertz CT molecular complexity index is 747. The molecule has 0 saturated carbocycles. The van der Waals surface area contributed by atoms with Crippen molar-refractivity contribution < 1.29 is 19.3 Å². The normalized spacial score (nSPS) is 10.5. The number of ether oxygens (including phenoxy) is 3. The maximum Gasteiger partial charge on any atom is 0.166 e. The number of unbranched alkanes of at least 4 members (excludes halogenated alkanes) is 1. The summed E-state index contributed by atoms with van der Waals surface area (Å²) in [6.45, 7) is 5.04. The van der Waals surface area contributed by atoms with E-state index in [0.29, 0.717) is 24.7 Å². The summed E-state index contributed by atoms with van der Waals surface area (Å²) in [5.74, 6) is 1.37. The Morgan fingerprint density at radius 1 is 1.00 bits per heavy atom. The predicted molar refractivity (Wildman–Crippen MR) is 109 cm³/mol. The molecule has 0 bridgehead atoms. The van der Waals surface area contributed by atoms with Gasteiger partial charge in [0.15, 0.2) is 11.5 Å². The molecule has 0 spiro atoms. The molecule has 0 amide bonds. The van der Waals surface area contributed by atoms with Gasteiger partial charge in [0, 0.05) is 17.2 Å². The highest BCUT2D eigenvalue weighted by molar-refractivity contribution is 5.56. The molecule has 0 radical (unpaired) electrons. The number of benzene rings is 2. The van der Waals surface area contributed by atoms with Crippen LogP contribution in [0.3, 0.4) is 0 Å². The maximum atomic E-state index is 10.5. The molecule has 0 aliphatic carbocycles. The van der Waals surface area contributed by atoms with Crippen LogP contribution in [0, 0.1) is 0 Å². The molecule has 2 aromatic carbocycles.